The summed E-state index contributed by atoms with van der Waals surface area (Å²) >= 11 is 12.0. The van der Waals surface area contributed by atoms with Gasteiger partial charge in [-0.15, -0.1) is 0 Å². The van der Waals surface area contributed by atoms with Crippen molar-refractivity contribution in [3.05, 3.63) is 67.7 Å². The summed E-state index contributed by atoms with van der Waals surface area (Å²) in [5, 5.41) is 17.6. The highest BCUT2D eigenvalue weighted by Crippen LogP contribution is 2.32. The lowest BCUT2D eigenvalue weighted by Crippen LogP contribution is -2.21. The summed E-state index contributed by atoms with van der Waals surface area (Å²) < 4.78 is 0. The van der Waals surface area contributed by atoms with Gasteiger partial charge in [-0.25, -0.2) is 0 Å². The van der Waals surface area contributed by atoms with Gasteiger partial charge in [0.1, 0.15) is 5.69 Å². The minimum Gasteiger partial charge on any atom is -0.372 e. The summed E-state index contributed by atoms with van der Waals surface area (Å²) in [6.07, 6.45) is 1.59. The highest BCUT2D eigenvalue weighted by atomic mass is 35.5. The van der Waals surface area contributed by atoms with Crippen LogP contribution in [-0.4, -0.2) is 30.6 Å². The zero-order valence-corrected chi connectivity index (χ0v) is 16.8. The molecule has 1 heterocycles. The van der Waals surface area contributed by atoms with Crippen molar-refractivity contribution in [1.29, 1.82) is 0 Å². The second-order valence-electron chi connectivity index (χ2n) is 6.36. The van der Waals surface area contributed by atoms with E-state index >= 15 is 0 Å². The van der Waals surface area contributed by atoms with Crippen LogP contribution in [0.2, 0.25) is 10.0 Å². The van der Waals surface area contributed by atoms with Gasteiger partial charge in [0, 0.05) is 20.2 Å². The maximum absolute atomic E-state index is 12.8. The lowest BCUT2D eigenvalue weighted by Gasteiger charge is -2.13. The average Bonchev–Trinajstić information content (AvgIpc) is 2.92. The highest BCUT2D eigenvalue weighted by molar-refractivity contribution is 6.42. The van der Waals surface area contributed by atoms with Crippen LogP contribution in [0.15, 0.2) is 47.1 Å². The Bertz CT molecular complexity index is 1050. The molecule has 144 valence electrons. The fourth-order valence-electron chi connectivity index (χ4n) is 2.80. The first-order valence-electron chi connectivity index (χ1n) is 8.21. The van der Waals surface area contributed by atoms with Crippen LogP contribution >= 0.6 is 23.2 Å². The molecule has 9 heteroatoms. The molecular formula is C19H16Cl2N4O3. The van der Waals surface area contributed by atoms with Crippen molar-refractivity contribution in [3.8, 4) is 0 Å². The number of benzene rings is 2. The maximum Gasteiger partial charge on any atom is 0.293 e. The van der Waals surface area contributed by atoms with Gasteiger partial charge >= 0.3 is 0 Å². The van der Waals surface area contributed by atoms with Crippen molar-refractivity contribution in [2.24, 2.45) is 5.10 Å². The van der Waals surface area contributed by atoms with Gasteiger partial charge in [0.25, 0.3) is 11.6 Å². The molecule has 0 N–H and O–H groups in total. The quantitative estimate of drug-likeness (QED) is 0.406. The van der Waals surface area contributed by atoms with Gasteiger partial charge in [-0.05, 0) is 42.8 Å². The van der Waals surface area contributed by atoms with E-state index in [1.54, 1.807) is 62.3 Å². The predicted molar refractivity (Wildman–Crippen MR) is 112 cm³/mol. The van der Waals surface area contributed by atoms with Crippen LogP contribution in [0.25, 0.3) is 6.08 Å². The number of hydrogen-bond acceptors (Lipinski definition) is 5. The van der Waals surface area contributed by atoms with E-state index in [2.05, 4.69) is 5.10 Å². The average molecular weight is 419 g/mol. The molecule has 0 aliphatic carbocycles. The van der Waals surface area contributed by atoms with Gasteiger partial charge in [-0.2, -0.15) is 10.1 Å². The molecule has 1 aliphatic heterocycles. The zero-order chi connectivity index (χ0) is 20.6. The first kappa shape index (κ1) is 19.9. The van der Waals surface area contributed by atoms with Crippen LogP contribution in [0.3, 0.4) is 0 Å². The minimum absolute atomic E-state index is 0.0410. The van der Waals surface area contributed by atoms with Crippen LogP contribution in [-0.2, 0) is 4.79 Å². The van der Waals surface area contributed by atoms with Gasteiger partial charge in [0.2, 0.25) is 0 Å². The molecule has 0 radical (unpaired) electrons. The van der Waals surface area contributed by atoms with E-state index in [0.717, 1.165) is 0 Å². The number of nitrogens with zero attached hydrogens (tertiary/aromatic N) is 4. The summed E-state index contributed by atoms with van der Waals surface area (Å²) in [6.45, 7) is 1.70. The number of nitro benzene ring substituents is 1. The van der Waals surface area contributed by atoms with Gasteiger partial charge < -0.3 is 4.90 Å². The Morgan fingerprint density at radius 1 is 1.14 bits per heavy atom. The first-order chi connectivity index (χ1) is 13.2. The van der Waals surface area contributed by atoms with Gasteiger partial charge in [-0.1, -0.05) is 29.3 Å². The summed E-state index contributed by atoms with van der Waals surface area (Å²) in [4.78, 5) is 25.4. The molecule has 0 fully saturated rings. The Balaban J connectivity index is 1.98. The number of rotatable bonds is 4. The normalized spacial score (nSPS) is 15.2. The van der Waals surface area contributed by atoms with E-state index in [-0.39, 0.29) is 11.6 Å². The van der Waals surface area contributed by atoms with Crippen LogP contribution in [0.5, 0.6) is 0 Å². The summed E-state index contributed by atoms with van der Waals surface area (Å²) in [7, 11) is 3.46. The summed E-state index contributed by atoms with van der Waals surface area (Å²) in [5.74, 6) is -0.352. The fraction of sp³-hybridized carbons (Fsp3) is 0.158. The number of nitro groups is 1. The molecule has 1 amide bonds. The largest absolute Gasteiger partial charge is 0.372 e. The second-order valence-corrected chi connectivity index (χ2v) is 7.17. The number of carbonyl (C=O) groups is 1. The molecule has 0 bridgehead atoms. The third-order valence-electron chi connectivity index (χ3n) is 4.20. The van der Waals surface area contributed by atoms with Crippen LogP contribution < -0.4 is 9.91 Å². The Hall–Kier alpha value is -2.90. The Morgan fingerprint density at radius 3 is 2.46 bits per heavy atom. The molecule has 1 aliphatic rings. The molecule has 2 aromatic carbocycles. The number of carbonyl (C=O) groups excluding carboxylic acids is 1. The van der Waals surface area contributed by atoms with Crippen LogP contribution in [0.1, 0.15) is 12.5 Å². The maximum atomic E-state index is 12.8. The zero-order valence-electron chi connectivity index (χ0n) is 15.3. The summed E-state index contributed by atoms with van der Waals surface area (Å²) in [6, 6.07) is 9.58. The third kappa shape index (κ3) is 3.72. The molecule has 0 atom stereocenters. The summed E-state index contributed by atoms with van der Waals surface area (Å²) in [5.41, 5.74) is 2.30. The number of amides is 1. The Kier molecular flexibility index (Phi) is 5.40. The molecule has 3 rings (SSSR count). The van der Waals surface area contributed by atoms with E-state index in [0.29, 0.717) is 38.3 Å². The van der Waals surface area contributed by atoms with Crippen molar-refractivity contribution in [2.45, 2.75) is 6.92 Å². The minimum atomic E-state index is -0.448. The predicted octanol–water partition coefficient (Wildman–Crippen LogP) is 4.77. The lowest BCUT2D eigenvalue weighted by atomic mass is 10.1. The van der Waals surface area contributed by atoms with Crippen molar-refractivity contribution in [2.75, 3.05) is 24.0 Å². The van der Waals surface area contributed by atoms with Crippen molar-refractivity contribution in [1.82, 2.24) is 0 Å². The van der Waals surface area contributed by atoms with E-state index in [4.69, 9.17) is 23.2 Å². The smallest absolute Gasteiger partial charge is 0.293 e. The van der Waals surface area contributed by atoms with Gasteiger partial charge in [0.15, 0.2) is 0 Å². The van der Waals surface area contributed by atoms with Gasteiger partial charge in [-0.3, -0.25) is 14.9 Å². The molecule has 0 saturated carbocycles. The van der Waals surface area contributed by atoms with Gasteiger partial charge in [0.05, 0.1) is 31.9 Å². The van der Waals surface area contributed by atoms with E-state index in [9.17, 15) is 14.9 Å². The molecule has 0 spiro atoms. The van der Waals surface area contributed by atoms with Crippen molar-refractivity contribution in [3.63, 3.8) is 0 Å². The topological polar surface area (TPSA) is 79.0 Å². The number of anilines is 2. The molecule has 0 aromatic heterocycles. The molecule has 28 heavy (non-hydrogen) atoms. The molecule has 2 aromatic rings. The third-order valence-corrected chi connectivity index (χ3v) is 4.94. The van der Waals surface area contributed by atoms with E-state index < -0.39 is 4.92 Å². The van der Waals surface area contributed by atoms with E-state index in [1.807, 2.05) is 0 Å². The molecule has 0 unspecified atom stereocenters. The van der Waals surface area contributed by atoms with Crippen LogP contribution in [0, 0.1) is 10.1 Å². The Morgan fingerprint density at radius 2 is 1.86 bits per heavy atom. The number of hydrazone groups is 1. The van der Waals surface area contributed by atoms with Crippen LogP contribution in [0.4, 0.5) is 17.1 Å². The first-order valence-corrected chi connectivity index (χ1v) is 8.97. The fourth-order valence-corrected chi connectivity index (χ4v) is 3.09. The Labute approximate surface area is 171 Å². The number of halogens is 2. The second kappa shape index (κ2) is 7.61. The van der Waals surface area contributed by atoms with Crippen molar-refractivity contribution >= 4 is 58.0 Å². The molecule has 7 nitrogen and oxygen atoms in total. The molecule has 0 saturated heterocycles. The molecular weight excluding hydrogens is 403 g/mol. The van der Waals surface area contributed by atoms with Crippen molar-refractivity contribution < 1.29 is 9.72 Å². The number of hydrogen-bond donors (Lipinski definition) is 0. The highest BCUT2D eigenvalue weighted by Gasteiger charge is 2.29. The SMILES string of the molecule is CC1=NN(c2ccc(Cl)c(Cl)c2)C(=O)/C1=C/c1ccc(N(C)C)c([N+](=O)[O-])c1. The monoisotopic (exact) mass is 418 g/mol. The standard InChI is InChI=1S/C19H16Cl2N4O3/c1-11-14(8-12-4-7-17(23(2)3)18(9-12)25(27)28)19(26)24(22-11)13-5-6-15(20)16(21)10-13/h4-10H,1-3H3/b14-8+. The lowest BCUT2D eigenvalue weighted by molar-refractivity contribution is -0.384. The van der Waals surface area contributed by atoms with E-state index in [1.165, 1.54) is 11.1 Å².